The molecule has 0 radical (unpaired) electrons. The van der Waals surface area contributed by atoms with Crippen LogP contribution in [-0.2, 0) is 6.54 Å². The van der Waals surface area contributed by atoms with Gasteiger partial charge in [0.2, 0.25) is 0 Å². The van der Waals surface area contributed by atoms with E-state index in [1.165, 1.54) is 5.56 Å². The lowest BCUT2D eigenvalue weighted by Crippen LogP contribution is -2.34. The van der Waals surface area contributed by atoms with E-state index in [1.54, 1.807) is 6.07 Å². The Hall–Kier alpha value is -2.47. The van der Waals surface area contributed by atoms with Crippen LogP contribution in [0.2, 0.25) is 5.02 Å². The monoisotopic (exact) mass is 425 g/mol. The minimum Gasteiger partial charge on any atom is -0.332 e. The lowest BCUT2D eigenvalue weighted by atomic mass is 10.0. The molecule has 0 heterocycles. The summed E-state index contributed by atoms with van der Waals surface area (Å²) in [7, 11) is 0. The predicted octanol–water partition coefficient (Wildman–Crippen LogP) is 5.46. The van der Waals surface area contributed by atoms with Crippen molar-refractivity contribution in [3.05, 3.63) is 76.8 Å². The van der Waals surface area contributed by atoms with Gasteiger partial charge in [-0.2, -0.15) is 0 Å². The highest BCUT2D eigenvalue weighted by Gasteiger charge is 2.12. The Morgan fingerprint density at radius 3 is 2.31 bits per heavy atom. The summed E-state index contributed by atoms with van der Waals surface area (Å²) in [5.41, 5.74) is 2.60. The van der Waals surface area contributed by atoms with Gasteiger partial charge in [0, 0.05) is 28.2 Å². The Morgan fingerprint density at radius 2 is 1.62 bits per heavy atom. The average Bonchev–Trinajstić information content (AvgIpc) is 2.73. The molecule has 3 rings (SSSR count). The maximum absolute atomic E-state index is 12.7. The number of anilines is 1. The molecule has 0 aliphatic heterocycles. The molecule has 0 aliphatic carbocycles. The van der Waals surface area contributed by atoms with Crippen molar-refractivity contribution in [1.82, 2.24) is 10.2 Å². The Morgan fingerprint density at radius 1 is 0.966 bits per heavy atom. The molecule has 0 unspecified atom stereocenters. The minimum atomic E-state index is -0.270. The Balaban J connectivity index is 1.65. The van der Waals surface area contributed by atoms with Crippen molar-refractivity contribution in [2.24, 2.45) is 0 Å². The molecule has 0 fully saturated rings. The molecule has 0 atom stereocenters. The first kappa shape index (κ1) is 21.2. The molecule has 6 heteroatoms. The second kappa shape index (κ2) is 9.83. The summed E-state index contributed by atoms with van der Waals surface area (Å²) in [4.78, 5) is 15.1. The van der Waals surface area contributed by atoms with Gasteiger partial charge in [0.15, 0.2) is 5.11 Å². The fraction of sp³-hybridized carbons (Fsp3) is 0.217. The van der Waals surface area contributed by atoms with Crippen LogP contribution in [0.1, 0.15) is 29.8 Å². The fourth-order valence-electron chi connectivity index (χ4n) is 3.20. The predicted molar refractivity (Wildman–Crippen MR) is 126 cm³/mol. The Kier molecular flexibility index (Phi) is 7.20. The van der Waals surface area contributed by atoms with Gasteiger partial charge in [-0.3, -0.25) is 15.0 Å². The fourth-order valence-corrected chi connectivity index (χ4v) is 3.65. The summed E-state index contributed by atoms with van der Waals surface area (Å²) in [6, 6.07) is 19.1. The SMILES string of the molecule is CCN(CC)Cc1ccc(NC(=S)NC(=O)c2cccc3c(Cl)cccc23)cc1. The largest absolute Gasteiger partial charge is 0.332 e. The van der Waals surface area contributed by atoms with Crippen LogP contribution >= 0.6 is 23.8 Å². The standard InChI is InChI=1S/C23H24ClN3OS/c1-3-27(4-2)15-16-11-13-17(14-12-16)25-23(29)26-22(28)20-9-5-8-19-18(20)7-6-10-21(19)24/h5-14H,3-4,15H2,1-2H3,(H2,25,26,28,29). The Labute approximate surface area is 181 Å². The number of hydrogen-bond acceptors (Lipinski definition) is 3. The summed E-state index contributed by atoms with van der Waals surface area (Å²) in [5.74, 6) is -0.270. The van der Waals surface area contributed by atoms with E-state index in [-0.39, 0.29) is 11.0 Å². The summed E-state index contributed by atoms with van der Waals surface area (Å²) in [6.45, 7) is 7.27. The lowest BCUT2D eigenvalue weighted by Gasteiger charge is -2.18. The highest BCUT2D eigenvalue weighted by Crippen LogP contribution is 2.25. The number of thiocarbonyl (C=S) groups is 1. The summed E-state index contributed by atoms with van der Waals surface area (Å²) in [5, 5.41) is 8.32. The second-order valence-electron chi connectivity index (χ2n) is 6.71. The van der Waals surface area contributed by atoms with Crippen molar-refractivity contribution in [2.45, 2.75) is 20.4 Å². The van der Waals surface area contributed by atoms with Gasteiger partial charge < -0.3 is 5.32 Å². The van der Waals surface area contributed by atoms with Gasteiger partial charge in [0.05, 0.1) is 0 Å². The number of nitrogens with zero attached hydrogens (tertiary/aromatic N) is 1. The van der Waals surface area contributed by atoms with Gasteiger partial charge in [-0.05, 0) is 60.5 Å². The molecule has 0 bridgehead atoms. The van der Waals surface area contributed by atoms with Gasteiger partial charge in [0.1, 0.15) is 0 Å². The molecule has 1 amide bonds. The van der Waals surface area contributed by atoms with Crippen LogP contribution in [0.25, 0.3) is 10.8 Å². The van der Waals surface area contributed by atoms with Gasteiger partial charge in [0.25, 0.3) is 5.91 Å². The van der Waals surface area contributed by atoms with E-state index in [0.717, 1.165) is 36.1 Å². The molecule has 3 aromatic rings. The van der Waals surface area contributed by atoms with E-state index in [9.17, 15) is 4.79 Å². The lowest BCUT2D eigenvalue weighted by molar-refractivity contribution is 0.0979. The first-order chi connectivity index (χ1) is 14.0. The van der Waals surface area contributed by atoms with Crippen LogP contribution in [-0.4, -0.2) is 29.0 Å². The topological polar surface area (TPSA) is 44.4 Å². The maximum atomic E-state index is 12.7. The van der Waals surface area contributed by atoms with Crippen molar-refractivity contribution in [3.8, 4) is 0 Å². The van der Waals surface area contributed by atoms with Crippen LogP contribution in [0.3, 0.4) is 0 Å². The van der Waals surface area contributed by atoms with Crippen LogP contribution in [0, 0.1) is 0 Å². The number of fused-ring (bicyclic) bond motifs is 1. The molecule has 0 aliphatic rings. The second-order valence-corrected chi connectivity index (χ2v) is 7.52. The zero-order valence-electron chi connectivity index (χ0n) is 16.5. The van der Waals surface area contributed by atoms with Gasteiger partial charge in [-0.15, -0.1) is 0 Å². The molecular weight excluding hydrogens is 402 g/mol. The van der Waals surface area contributed by atoms with Crippen LogP contribution in [0.5, 0.6) is 0 Å². The zero-order chi connectivity index (χ0) is 20.8. The number of hydrogen-bond donors (Lipinski definition) is 2. The summed E-state index contributed by atoms with van der Waals surface area (Å²) < 4.78 is 0. The first-order valence-electron chi connectivity index (χ1n) is 9.62. The van der Waals surface area contributed by atoms with Gasteiger partial charge in [-0.25, -0.2) is 0 Å². The number of carbonyl (C=O) groups is 1. The van der Waals surface area contributed by atoms with E-state index >= 15 is 0 Å². The van der Waals surface area contributed by atoms with Crippen molar-refractivity contribution in [1.29, 1.82) is 0 Å². The van der Waals surface area contributed by atoms with Gasteiger partial charge in [-0.1, -0.05) is 61.8 Å². The van der Waals surface area contributed by atoms with Crippen molar-refractivity contribution in [3.63, 3.8) is 0 Å². The molecular formula is C23H24ClN3OS. The highest BCUT2D eigenvalue weighted by atomic mass is 35.5. The number of rotatable bonds is 6. The first-order valence-corrected chi connectivity index (χ1v) is 10.4. The van der Waals surface area contributed by atoms with E-state index in [1.807, 2.05) is 42.5 Å². The van der Waals surface area contributed by atoms with Gasteiger partial charge >= 0.3 is 0 Å². The van der Waals surface area contributed by atoms with Crippen molar-refractivity contribution in [2.75, 3.05) is 18.4 Å². The number of halogens is 1. The molecule has 29 heavy (non-hydrogen) atoms. The minimum absolute atomic E-state index is 0.255. The van der Waals surface area contributed by atoms with Crippen LogP contribution in [0.4, 0.5) is 5.69 Å². The number of carbonyl (C=O) groups excluding carboxylic acids is 1. The zero-order valence-corrected chi connectivity index (χ0v) is 18.1. The van der Waals surface area contributed by atoms with E-state index in [4.69, 9.17) is 23.8 Å². The number of nitrogens with one attached hydrogen (secondary N) is 2. The van der Waals surface area contributed by atoms with E-state index in [0.29, 0.717) is 10.6 Å². The van der Waals surface area contributed by atoms with Crippen LogP contribution in [0.15, 0.2) is 60.7 Å². The quantitative estimate of drug-likeness (QED) is 0.514. The number of benzene rings is 3. The van der Waals surface area contributed by atoms with Crippen molar-refractivity contribution < 1.29 is 4.79 Å². The molecule has 0 aromatic heterocycles. The molecule has 0 saturated heterocycles. The molecule has 0 spiro atoms. The summed E-state index contributed by atoms with van der Waals surface area (Å²) in [6.07, 6.45) is 0. The molecule has 2 N–H and O–H groups in total. The third kappa shape index (κ3) is 5.32. The van der Waals surface area contributed by atoms with E-state index < -0.39 is 0 Å². The number of amides is 1. The molecule has 0 saturated carbocycles. The molecule has 150 valence electrons. The van der Waals surface area contributed by atoms with Crippen molar-refractivity contribution >= 4 is 51.3 Å². The summed E-state index contributed by atoms with van der Waals surface area (Å²) >= 11 is 11.6. The maximum Gasteiger partial charge on any atom is 0.258 e. The smallest absolute Gasteiger partial charge is 0.258 e. The molecule has 3 aromatic carbocycles. The normalized spacial score (nSPS) is 10.9. The third-order valence-electron chi connectivity index (χ3n) is 4.85. The average molecular weight is 426 g/mol. The Bertz CT molecular complexity index is 1020. The van der Waals surface area contributed by atoms with E-state index in [2.05, 4.69) is 41.5 Å². The third-order valence-corrected chi connectivity index (χ3v) is 5.39. The van der Waals surface area contributed by atoms with Crippen LogP contribution < -0.4 is 10.6 Å². The highest BCUT2D eigenvalue weighted by molar-refractivity contribution is 7.80. The molecule has 4 nitrogen and oxygen atoms in total.